The molecule has 188 valence electrons. The smallest absolute Gasteiger partial charge is 0.410 e. The molecule has 0 aromatic carbocycles. The predicted octanol–water partition coefficient (Wildman–Crippen LogP) is 2.63. The third-order valence-corrected chi connectivity index (χ3v) is 6.84. The lowest BCUT2D eigenvalue weighted by atomic mass is 9.81. The van der Waals surface area contributed by atoms with E-state index < -0.39 is 29.7 Å². The van der Waals surface area contributed by atoms with E-state index in [0.29, 0.717) is 44.5 Å². The zero-order chi connectivity index (χ0) is 24.6. The molecule has 0 spiro atoms. The van der Waals surface area contributed by atoms with Crippen LogP contribution in [0.4, 0.5) is 4.79 Å². The number of hydrogen-bond donors (Lipinski definition) is 3. The van der Waals surface area contributed by atoms with Crippen LogP contribution >= 0.6 is 11.8 Å². The third kappa shape index (κ3) is 8.72. The van der Waals surface area contributed by atoms with Crippen LogP contribution < -0.4 is 10.6 Å². The lowest BCUT2D eigenvalue weighted by molar-refractivity contribution is -0.142. The van der Waals surface area contributed by atoms with Gasteiger partial charge in [0.05, 0.1) is 0 Å². The van der Waals surface area contributed by atoms with Crippen molar-refractivity contribution >= 4 is 35.6 Å². The third-order valence-electron chi connectivity index (χ3n) is 6.19. The predicted molar refractivity (Wildman–Crippen MR) is 127 cm³/mol. The largest absolute Gasteiger partial charge is 0.480 e. The number of aliphatic carboxylic acids is 1. The molecule has 9 nitrogen and oxygen atoms in total. The van der Waals surface area contributed by atoms with Gasteiger partial charge in [0.1, 0.15) is 17.7 Å². The topological polar surface area (TPSA) is 125 Å². The van der Waals surface area contributed by atoms with Crippen LogP contribution in [0.5, 0.6) is 0 Å². The molecule has 0 aromatic heterocycles. The van der Waals surface area contributed by atoms with E-state index in [0.717, 1.165) is 19.3 Å². The Labute approximate surface area is 200 Å². The van der Waals surface area contributed by atoms with E-state index in [9.17, 15) is 24.3 Å². The highest BCUT2D eigenvalue weighted by Gasteiger charge is 2.37. The molecule has 10 heteroatoms. The van der Waals surface area contributed by atoms with E-state index in [1.165, 1.54) is 4.90 Å². The molecule has 2 aliphatic rings. The van der Waals surface area contributed by atoms with Gasteiger partial charge >= 0.3 is 12.1 Å². The molecule has 1 aliphatic heterocycles. The zero-order valence-corrected chi connectivity index (χ0v) is 21.0. The molecule has 33 heavy (non-hydrogen) atoms. The first-order valence-electron chi connectivity index (χ1n) is 11.8. The van der Waals surface area contributed by atoms with Crippen LogP contribution in [-0.4, -0.2) is 76.7 Å². The van der Waals surface area contributed by atoms with Gasteiger partial charge in [-0.2, -0.15) is 11.8 Å². The summed E-state index contributed by atoms with van der Waals surface area (Å²) in [6.45, 7) is 6.44. The van der Waals surface area contributed by atoms with E-state index >= 15 is 0 Å². The molecule has 2 atom stereocenters. The molecule has 3 amide bonds. The fraction of sp³-hybridized carbons (Fsp3) is 0.826. The molecule has 0 bridgehead atoms. The van der Waals surface area contributed by atoms with Gasteiger partial charge in [0, 0.05) is 19.0 Å². The average molecular weight is 486 g/mol. The van der Waals surface area contributed by atoms with Crippen molar-refractivity contribution in [3.63, 3.8) is 0 Å². The molecule has 2 rings (SSSR count). The number of carbonyl (C=O) groups is 4. The number of carbonyl (C=O) groups excluding carboxylic acids is 3. The maximum atomic E-state index is 12.7. The summed E-state index contributed by atoms with van der Waals surface area (Å²) in [5.74, 6) is -0.593. The fourth-order valence-corrected chi connectivity index (χ4v) is 4.82. The lowest BCUT2D eigenvalue weighted by Gasteiger charge is -2.30. The van der Waals surface area contributed by atoms with Gasteiger partial charge < -0.3 is 20.5 Å². The average Bonchev–Trinajstić information content (AvgIpc) is 3.24. The van der Waals surface area contributed by atoms with Crippen LogP contribution in [0, 0.1) is 11.8 Å². The first-order chi connectivity index (χ1) is 15.5. The normalized spacial score (nSPS) is 24.1. The molecule has 1 heterocycles. The minimum Gasteiger partial charge on any atom is -0.480 e. The van der Waals surface area contributed by atoms with Gasteiger partial charge in [0.25, 0.3) is 0 Å². The first kappa shape index (κ1) is 27.3. The van der Waals surface area contributed by atoms with E-state index in [1.54, 1.807) is 32.5 Å². The van der Waals surface area contributed by atoms with Crippen molar-refractivity contribution < 1.29 is 29.0 Å². The molecule has 1 saturated carbocycles. The number of amides is 3. The van der Waals surface area contributed by atoms with Crippen molar-refractivity contribution in [1.82, 2.24) is 15.5 Å². The van der Waals surface area contributed by atoms with Gasteiger partial charge in [0.15, 0.2) is 0 Å². The number of carboxylic acid groups (broad SMARTS) is 1. The second-order valence-electron chi connectivity index (χ2n) is 9.98. The molecule has 2 fully saturated rings. The van der Waals surface area contributed by atoms with Crippen LogP contribution in [0.1, 0.15) is 65.7 Å². The summed E-state index contributed by atoms with van der Waals surface area (Å²) in [7, 11) is 0. The number of nitrogens with zero attached hydrogens (tertiary/aromatic N) is 1. The standard InChI is InChI=1S/C23H39N3O6S/c1-23(2,3)32-22(31)26-12-5-6-18(26)20(28)24-14-15-7-9-16(10-8-15)19(27)25-17(21(29)30)11-13-33-4/h15-18H,5-14H2,1-4H3,(H,24,28)(H,25,27)(H,29,30)/t15?,16?,17-,18-/m1/s1. The quantitative estimate of drug-likeness (QED) is 0.458. The summed E-state index contributed by atoms with van der Waals surface area (Å²) < 4.78 is 5.43. The SMILES string of the molecule is CSCC[C@@H](NC(=O)C1CCC(CNC(=O)[C@H]2CCCN2C(=O)OC(C)(C)C)CC1)C(=O)O. The fourth-order valence-electron chi connectivity index (χ4n) is 4.35. The van der Waals surface area contributed by atoms with E-state index in [4.69, 9.17) is 4.74 Å². The Morgan fingerprint density at radius 1 is 1.09 bits per heavy atom. The highest BCUT2D eigenvalue weighted by molar-refractivity contribution is 7.98. The summed E-state index contributed by atoms with van der Waals surface area (Å²) in [4.78, 5) is 50.5. The van der Waals surface area contributed by atoms with Crippen molar-refractivity contribution in [3.8, 4) is 0 Å². The molecule has 1 aliphatic carbocycles. The summed E-state index contributed by atoms with van der Waals surface area (Å²) >= 11 is 1.55. The van der Waals surface area contributed by atoms with Crippen LogP contribution in [0.25, 0.3) is 0 Å². The number of rotatable bonds is 9. The highest BCUT2D eigenvalue weighted by Crippen LogP contribution is 2.29. The molecule has 0 unspecified atom stereocenters. The van der Waals surface area contributed by atoms with E-state index in [2.05, 4.69) is 10.6 Å². The minimum absolute atomic E-state index is 0.156. The summed E-state index contributed by atoms with van der Waals surface area (Å²) in [6, 6.07) is -1.35. The monoisotopic (exact) mass is 485 g/mol. The van der Waals surface area contributed by atoms with Crippen LogP contribution in [0.15, 0.2) is 0 Å². The number of ether oxygens (including phenoxy) is 1. The molecule has 1 saturated heterocycles. The Bertz CT molecular complexity index is 703. The number of hydrogen-bond acceptors (Lipinski definition) is 6. The minimum atomic E-state index is -0.999. The molecule has 0 radical (unpaired) electrons. The van der Waals surface area contributed by atoms with Gasteiger partial charge in [-0.25, -0.2) is 9.59 Å². The Hall–Kier alpha value is -1.97. The maximum absolute atomic E-state index is 12.7. The van der Waals surface area contributed by atoms with Crippen molar-refractivity contribution in [2.45, 2.75) is 83.4 Å². The van der Waals surface area contributed by atoms with Crippen LogP contribution in [0.2, 0.25) is 0 Å². The Morgan fingerprint density at radius 3 is 2.33 bits per heavy atom. The highest BCUT2D eigenvalue weighted by atomic mass is 32.2. The Kier molecular flexibility index (Phi) is 10.3. The summed E-state index contributed by atoms with van der Waals surface area (Å²) in [5, 5.41) is 15.0. The molecular weight excluding hydrogens is 446 g/mol. The van der Waals surface area contributed by atoms with E-state index in [-0.39, 0.29) is 23.7 Å². The van der Waals surface area contributed by atoms with Gasteiger partial charge in [-0.1, -0.05) is 0 Å². The van der Waals surface area contributed by atoms with Gasteiger partial charge in [-0.05, 0) is 83.6 Å². The van der Waals surface area contributed by atoms with Crippen molar-refractivity contribution in [3.05, 3.63) is 0 Å². The van der Waals surface area contributed by atoms with E-state index in [1.807, 2.05) is 6.26 Å². The number of likely N-dealkylation sites (tertiary alicyclic amines) is 1. The summed E-state index contributed by atoms with van der Waals surface area (Å²) in [5.41, 5.74) is -0.606. The number of thioether (sulfide) groups is 1. The number of carboxylic acids is 1. The van der Waals surface area contributed by atoms with Crippen LogP contribution in [0.3, 0.4) is 0 Å². The molecule has 3 N–H and O–H groups in total. The Morgan fingerprint density at radius 2 is 1.76 bits per heavy atom. The van der Waals surface area contributed by atoms with Crippen molar-refractivity contribution in [2.24, 2.45) is 11.8 Å². The van der Waals surface area contributed by atoms with Crippen LogP contribution in [-0.2, 0) is 19.1 Å². The lowest BCUT2D eigenvalue weighted by Crippen LogP contribution is -2.48. The van der Waals surface area contributed by atoms with Gasteiger partial charge in [-0.15, -0.1) is 0 Å². The Balaban J connectivity index is 1.76. The summed E-state index contributed by atoms with van der Waals surface area (Å²) in [6.07, 6.45) is 6.19. The second kappa shape index (κ2) is 12.5. The van der Waals surface area contributed by atoms with Gasteiger partial charge in [-0.3, -0.25) is 14.5 Å². The van der Waals surface area contributed by atoms with Crippen molar-refractivity contribution in [2.75, 3.05) is 25.1 Å². The first-order valence-corrected chi connectivity index (χ1v) is 13.2. The zero-order valence-electron chi connectivity index (χ0n) is 20.2. The molecule has 0 aromatic rings. The maximum Gasteiger partial charge on any atom is 0.410 e. The molecular formula is C23H39N3O6S. The van der Waals surface area contributed by atoms with Crippen molar-refractivity contribution in [1.29, 1.82) is 0 Å². The second-order valence-corrected chi connectivity index (χ2v) is 11.0. The number of nitrogens with one attached hydrogen (secondary N) is 2. The van der Waals surface area contributed by atoms with Gasteiger partial charge in [0.2, 0.25) is 11.8 Å².